The van der Waals surface area contributed by atoms with Crippen molar-refractivity contribution < 1.29 is 9.53 Å². The molecule has 0 radical (unpaired) electrons. The maximum absolute atomic E-state index is 11.8. The molecule has 0 saturated carbocycles. The Labute approximate surface area is 115 Å². The first-order chi connectivity index (χ1) is 8.95. The maximum atomic E-state index is 11.8. The molecule has 0 saturated heterocycles. The Hall–Kier alpha value is -1.55. The number of para-hydroxylation sites is 1. The lowest BCUT2D eigenvalue weighted by molar-refractivity contribution is -0.135. The summed E-state index contributed by atoms with van der Waals surface area (Å²) in [6.45, 7) is 3.82. The van der Waals surface area contributed by atoms with Gasteiger partial charge in [0.1, 0.15) is 5.75 Å². The van der Waals surface area contributed by atoms with Gasteiger partial charge < -0.3 is 15.4 Å². The average molecular weight is 264 g/mol. The molecule has 1 aromatic carbocycles. The Morgan fingerprint density at radius 1 is 1.37 bits per heavy atom. The van der Waals surface area contributed by atoms with Gasteiger partial charge in [-0.25, -0.2) is 0 Å². The fourth-order valence-electron chi connectivity index (χ4n) is 1.82. The third kappa shape index (κ3) is 4.56. The van der Waals surface area contributed by atoms with Crippen molar-refractivity contribution in [3.05, 3.63) is 29.8 Å². The second kappa shape index (κ2) is 7.14. The minimum atomic E-state index is -0.492. The molecule has 106 valence electrons. The molecule has 0 bridgehead atoms. The van der Waals surface area contributed by atoms with E-state index in [-0.39, 0.29) is 11.9 Å². The van der Waals surface area contributed by atoms with Gasteiger partial charge >= 0.3 is 0 Å². The highest BCUT2D eigenvalue weighted by Crippen LogP contribution is 2.21. The van der Waals surface area contributed by atoms with E-state index >= 15 is 0 Å². The fraction of sp³-hybridized carbons (Fsp3) is 0.533. The number of carbonyl (C=O) groups is 1. The summed E-state index contributed by atoms with van der Waals surface area (Å²) >= 11 is 0. The Bertz CT molecular complexity index is 418. The van der Waals surface area contributed by atoms with Gasteiger partial charge in [0.05, 0.1) is 0 Å². The van der Waals surface area contributed by atoms with Crippen LogP contribution < -0.4 is 10.5 Å². The standard InChI is InChI=1S/C15H24N2O2/c1-5-13(16)10-12-8-6-7-9-14(12)19-11(2)15(18)17(3)4/h6-9,11,13H,5,10,16H2,1-4H3. The molecule has 1 rings (SSSR count). The van der Waals surface area contributed by atoms with Crippen molar-refractivity contribution in [3.8, 4) is 5.75 Å². The number of benzene rings is 1. The molecule has 2 atom stereocenters. The van der Waals surface area contributed by atoms with E-state index in [2.05, 4.69) is 6.92 Å². The summed E-state index contributed by atoms with van der Waals surface area (Å²) in [5, 5.41) is 0. The fourth-order valence-corrected chi connectivity index (χ4v) is 1.82. The van der Waals surface area contributed by atoms with Gasteiger partial charge in [0.2, 0.25) is 0 Å². The van der Waals surface area contributed by atoms with Gasteiger partial charge in [0.15, 0.2) is 6.10 Å². The number of likely N-dealkylation sites (N-methyl/N-ethyl adjacent to an activating group) is 1. The number of hydrogen-bond donors (Lipinski definition) is 1. The monoisotopic (exact) mass is 264 g/mol. The summed E-state index contributed by atoms with van der Waals surface area (Å²) < 4.78 is 5.77. The summed E-state index contributed by atoms with van der Waals surface area (Å²) in [5.41, 5.74) is 7.03. The van der Waals surface area contributed by atoms with E-state index in [1.54, 1.807) is 21.0 Å². The highest BCUT2D eigenvalue weighted by Gasteiger charge is 2.18. The quantitative estimate of drug-likeness (QED) is 0.852. The van der Waals surface area contributed by atoms with E-state index < -0.39 is 6.10 Å². The van der Waals surface area contributed by atoms with Crippen LogP contribution in [-0.2, 0) is 11.2 Å². The molecule has 19 heavy (non-hydrogen) atoms. The number of rotatable bonds is 6. The molecule has 4 heteroatoms. The molecule has 0 fully saturated rings. The van der Waals surface area contributed by atoms with E-state index in [0.717, 1.165) is 24.2 Å². The zero-order valence-corrected chi connectivity index (χ0v) is 12.2. The van der Waals surface area contributed by atoms with Gasteiger partial charge in [-0.05, 0) is 31.4 Å². The van der Waals surface area contributed by atoms with Crippen LogP contribution in [0.3, 0.4) is 0 Å². The van der Waals surface area contributed by atoms with E-state index in [1.807, 2.05) is 24.3 Å². The van der Waals surface area contributed by atoms with Gasteiger partial charge in [-0.3, -0.25) is 4.79 Å². The van der Waals surface area contributed by atoms with E-state index in [4.69, 9.17) is 10.5 Å². The second-order valence-corrected chi connectivity index (χ2v) is 4.97. The smallest absolute Gasteiger partial charge is 0.262 e. The number of carbonyl (C=O) groups excluding carboxylic acids is 1. The predicted octanol–water partition coefficient (Wildman–Crippen LogP) is 1.82. The van der Waals surface area contributed by atoms with Crippen LogP contribution in [0.1, 0.15) is 25.8 Å². The van der Waals surface area contributed by atoms with Crippen LogP contribution in [0.15, 0.2) is 24.3 Å². The second-order valence-electron chi connectivity index (χ2n) is 4.97. The minimum absolute atomic E-state index is 0.0467. The van der Waals surface area contributed by atoms with Gasteiger partial charge in [-0.15, -0.1) is 0 Å². The molecule has 4 nitrogen and oxygen atoms in total. The highest BCUT2D eigenvalue weighted by molar-refractivity contribution is 5.80. The van der Waals surface area contributed by atoms with Crippen molar-refractivity contribution in [2.75, 3.05) is 14.1 Å². The van der Waals surface area contributed by atoms with Crippen molar-refractivity contribution in [1.82, 2.24) is 4.90 Å². The highest BCUT2D eigenvalue weighted by atomic mass is 16.5. The van der Waals surface area contributed by atoms with Crippen LogP contribution in [0, 0.1) is 0 Å². The van der Waals surface area contributed by atoms with Gasteiger partial charge in [0, 0.05) is 20.1 Å². The van der Waals surface area contributed by atoms with Gasteiger partial charge in [-0.1, -0.05) is 25.1 Å². The topological polar surface area (TPSA) is 55.6 Å². The first kappa shape index (κ1) is 15.5. The summed E-state index contributed by atoms with van der Waals surface area (Å²) in [7, 11) is 3.45. The Morgan fingerprint density at radius 3 is 2.58 bits per heavy atom. The molecular weight excluding hydrogens is 240 g/mol. The summed E-state index contributed by atoms with van der Waals surface area (Å²) in [6, 6.07) is 7.87. The largest absolute Gasteiger partial charge is 0.481 e. The Morgan fingerprint density at radius 2 is 2.00 bits per heavy atom. The van der Waals surface area contributed by atoms with Crippen molar-refractivity contribution in [3.63, 3.8) is 0 Å². The van der Waals surface area contributed by atoms with Crippen LogP contribution in [0.4, 0.5) is 0 Å². The van der Waals surface area contributed by atoms with Gasteiger partial charge in [-0.2, -0.15) is 0 Å². The third-order valence-electron chi connectivity index (χ3n) is 3.07. The molecular formula is C15H24N2O2. The average Bonchev–Trinajstić information content (AvgIpc) is 2.39. The lowest BCUT2D eigenvalue weighted by Crippen LogP contribution is -2.35. The summed E-state index contributed by atoms with van der Waals surface area (Å²) in [6.07, 6.45) is 1.18. The van der Waals surface area contributed by atoms with E-state index in [9.17, 15) is 4.79 Å². The van der Waals surface area contributed by atoms with Gasteiger partial charge in [0.25, 0.3) is 5.91 Å². The lowest BCUT2D eigenvalue weighted by atomic mass is 10.0. The minimum Gasteiger partial charge on any atom is -0.481 e. The lowest BCUT2D eigenvalue weighted by Gasteiger charge is -2.20. The SMILES string of the molecule is CCC(N)Cc1ccccc1OC(C)C(=O)N(C)C. The Balaban J connectivity index is 2.80. The van der Waals surface area contributed by atoms with Crippen molar-refractivity contribution in [2.45, 2.75) is 38.8 Å². The summed E-state index contributed by atoms with van der Waals surface area (Å²) in [4.78, 5) is 13.3. The molecule has 0 aliphatic heterocycles. The molecule has 0 aromatic heterocycles. The molecule has 0 aliphatic carbocycles. The van der Waals surface area contributed by atoms with E-state index in [1.165, 1.54) is 4.90 Å². The first-order valence-electron chi connectivity index (χ1n) is 6.67. The molecule has 0 spiro atoms. The molecule has 1 amide bonds. The van der Waals surface area contributed by atoms with Crippen LogP contribution >= 0.6 is 0 Å². The predicted molar refractivity (Wildman–Crippen MR) is 77.2 cm³/mol. The van der Waals surface area contributed by atoms with Crippen LogP contribution in [0.25, 0.3) is 0 Å². The number of ether oxygens (including phenoxy) is 1. The number of amides is 1. The number of hydrogen-bond acceptors (Lipinski definition) is 3. The molecule has 0 aliphatic rings. The normalized spacial score (nSPS) is 13.7. The van der Waals surface area contributed by atoms with Crippen LogP contribution in [0.5, 0.6) is 5.75 Å². The van der Waals surface area contributed by atoms with Crippen molar-refractivity contribution >= 4 is 5.91 Å². The maximum Gasteiger partial charge on any atom is 0.262 e. The van der Waals surface area contributed by atoms with Crippen molar-refractivity contribution in [1.29, 1.82) is 0 Å². The molecule has 2 unspecified atom stereocenters. The molecule has 1 aromatic rings. The van der Waals surface area contributed by atoms with Crippen LogP contribution in [0.2, 0.25) is 0 Å². The third-order valence-corrected chi connectivity index (χ3v) is 3.07. The van der Waals surface area contributed by atoms with Crippen molar-refractivity contribution in [2.24, 2.45) is 5.73 Å². The summed E-state index contributed by atoms with van der Waals surface area (Å²) in [5.74, 6) is 0.698. The molecule has 0 heterocycles. The first-order valence-corrected chi connectivity index (χ1v) is 6.67. The number of nitrogens with two attached hydrogens (primary N) is 1. The zero-order chi connectivity index (χ0) is 14.4. The Kier molecular flexibility index (Phi) is 5.83. The number of nitrogens with zero attached hydrogens (tertiary/aromatic N) is 1. The van der Waals surface area contributed by atoms with Crippen LogP contribution in [-0.4, -0.2) is 37.0 Å². The van der Waals surface area contributed by atoms with E-state index in [0.29, 0.717) is 0 Å². The molecule has 2 N–H and O–H groups in total. The zero-order valence-electron chi connectivity index (χ0n) is 12.2.